The lowest BCUT2D eigenvalue weighted by molar-refractivity contribution is 0.332. The second kappa shape index (κ2) is 15.0. The van der Waals surface area contributed by atoms with Gasteiger partial charge in [0.2, 0.25) is 0 Å². The predicted octanol–water partition coefficient (Wildman–Crippen LogP) is 16.6. The molecule has 0 unspecified atom stereocenters. The number of benzene rings is 9. The van der Waals surface area contributed by atoms with Crippen LogP contribution >= 0.6 is 0 Å². The monoisotopic (exact) mass is 774 g/mol. The summed E-state index contributed by atoms with van der Waals surface area (Å²) in [6, 6.07) is 75.5. The molecule has 2 nitrogen and oxygen atoms in total. The first kappa shape index (κ1) is 37.4. The average molecular weight is 775 g/mol. The second-order valence-electron chi connectivity index (χ2n) is 17.7. The van der Waals surface area contributed by atoms with Crippen molar-refractivity contribution in [3.63, 3.8) is 0 Å². The molecule has 1 aliphatic carbocycles. The van der Waals surface area contributed by atoms with Gasteiger partial charge >= 0.3 is 0 Å². The fourth-order valence-corrected chi connectivity index (χ4v) is 9.44. The van der Waals surface area contributed by atoms with Crippen LogP contribution < -0.4 is 9.80 Å². The number of hydrogen-bond acceptors (Lipinski definition) is 2. The molecule has 9 aromatic carbocycles. The van der Waals surface area contributed by atoms with Crippen molar-refractivity contribution in [1.82, 2.24) is 0 Å². The fourth-order valence-electron chi connectivity index (χ4n) is 9.44. The van der Waals surface area contributed by atoms with Gasteiger partial charge in [-0.1, -0.05) is 173 Å². The van der Waals surface area contributed by atoms with Crippen molar-refractivity contribution in [2.24, 2.45) is 0 Å². The SMILES string of the molecule is CC1(C)CCC(C)(C)c2cc(-c3cccc(N(c4ccc(-c5ccc(N(c6ccccc6)c6cccc7ccccc67)cc5)cc4)c4cccc5ccccc45)c3)ccc21. The van der Waals surface area contributed by atoms with E-state index in [4.69, 9.17) is 0 Å². The minimum absolute atomic E-state index is 0.146. The van der Waals surface area contributed by atoms with Crippen LogP contribution in [0, 0.1) is 0 Å². The van der Waals surface area contributed by atoms with Gasteiger partial charge in [0.15, 0.2) is 0 Å². The van der Waals surface area contributed by atoms with E-state index in [-0.39, 0.29) is 10.8 Å². The molecule has 9 aromatic rings. The van der Waals surface area contributed by atoms with Crippen molar-refractivity contribution in [2.45, 2.75) is 51.4 Å². The number of para-hydroxylation sites is 1. The minimum atomic E-state index is 0.146. The maximum Gasteiger partial charge on any atom is 0.0540 e. The van der Waals surface area contributed by atoms with E-state index >= 15 is 0 Å². The van der Waals surface area contributed by atoms with Crippen molar-refractivity contribution >= 4 is 55.7 Å². The zero-order chi connectivity index (χ0) is 40.8. The fraction of sp³-hybridized carbons (Fsp3) is 0.138. The van der Waals surface area contributed by atoms with Crippen LogP contribution in [0.1, 0.15) is 51.7 Å². The number of anilines is 6. The molecule has 1 aliphatic rings. The summed E-state index contributed by atoms with van der Waals surface area (Å²) in [6.45, 7) is 9.62. The molecule has 0 amide bonds. The summed E-state index contributed by atoms with van der Waals surface area (Å²) >= 11 is 0. The topological polar surface area (TPSA) is 6.48 Å². The molecule has 0 aromatic heterocycles. The van der Waals surface area contributed by atoms with Gasteiger partial charge in [-0.15, -0.1) is 0 Å². The van der Waals surface area contributed by atoms with E-state index in [1.165, 1.54) is 67.8 Å². The molecular weight excluding hydrogens is 725 g/mol. The Kier molecular flexibility index (Phi) is 9.37. The highest BCUT2D eigenvalue weighted by atomic mass is 15.1. The first-order valence-electron chi connectivity index (χ1n) is 21.3. The van der Waals surface area contributed by atoms with Gasteiger partial charge in [0.25, 0.3) is 0 Å². The van der Waals surface area contributed by atoms with Crippen LogP contribution in [0.4, 0.5) is 34.1 Å². The van der Waals surface area contributed by atoms with Crippen LogP contribution in [-0.2, 0) is 10.8 Å². The minimum Gasteiger partial charge on any atom is -0.310 e. The molecule has 0 spiro atoms. The highest BCUT2D eigenvalue weighted by Crippen LogP contribution is 2.48. The molecule has 0 saturated carbocycles. The van der Waals surface area contributed by atoms with Crippen molar-refractivity contribution in [2.75, 3.05) is 9.80 Å². The van der Waals surface area contributed by atoms with E-state index in [1.807, 2.05) is 0 Å². The number of hydrogen-bond donors (Lipinski definition) is 0. The summed E-state index contributed by atoms with van der Waals surface area (Å²) in [5, 5.41) is 4.89. The molecule has 0 atom stereocenters. The maximum absolute atomic E-state index is 2.47. The van der Waals surface area contributed by atoms with E-state index in [2.05, 4.69) is 244 Å². The van der Waals surface area contributed by atoms with Crippen molar-refractivity contribution in [3.05, 3.63) is 217 Å². The summed E-state index contributed by atoms with van der Waals surface area (Å²) in [7, 11) is 0. The molecule has 10 rings (SSSR count). The average Bonchev–Trinajstić information content (AvgIpc) is 3.29. The predicted molar refractivity (Wildman–Crippen MR) is 257 cm³/mol. The van der Waals surface area contributed by atoms with Crippen LogP contribution in [0.2, 0.25) is 0 Å². The number of nitrogens with zero attached hydrogens (tertiary/aromatic N) is 2. The van der Waals surface area contributed by atoms with Crippen LogP contribution in [-0.4, -0.2) is 0 Å². The van der Waals surface area contributed by atoms with Gasteiger partial charge in [-0.05, 0) is 128 Å². The van der Waals surface area contributed by atoms with E-state index < -0.39 is 0 Å². The standard InChI is InChI=1S/C58H50N2/c1-57(2)37-38-58(3,4)54-40-46(31-36-53(54)57)45-19-12-22-50(39-45)60(56-26-14-18-44-16-9-11-24-52(44)56)49-34-29-42(30-35-49)41-27-32-48(33-28-41)59(47-20-6-5-7-21-47)55-25-13-17-43-15-8-10-23-51(43)55/h5-36,39-40H,37-38H2,1-4H3. The van der Waals surface area contributed by atoms with Gasteiger partial charge in [-0.2, -0.15) is 0 Å². The van der Waals surface area contributed by atoms with E-state index in [0.717, 1.165) is 34.1 Å². The number of fused-ring (bicyclic) bond motifs is 3. The van der Waals surface area contributed by atoms with E-state index in [1.54, 1.807) is 0 Å². The highest BCUT2D eigenvalue weighted by molar-refractivity contribution is 6.00. The first-order valence-corrected chi connectivity index (χ1v) is 21.3. The lowest BCUT2D eigenvalue weighted by Crippen LogP contribution is -2.33. The van der Waals surface area contributed by atoms with Gasteiger partial charge in [0, 0.05) is 33.5 Å². The quantitative estimate of drug-likeness (QED) is 0.152. The van der Waals surface area contributed by atoms with Gasteiger partial charge in [0.05, 0.1) is 11.4 Å². The lowest BCUT2D eigenvalue weighted by Gasteiger charge is -2.42. The molecular formula is C58H50N2. The zero-order valence-electron chi connectivity index (χ0n) is 34.9. The Morgan fingerprint density at radius 1 is 0.317 bits per heavy atom. The van der Waals surface area contributed by atoms with Crippen molar-refractivity contribution < 1.29 is 0 Å². The molecule has 292 valence electrons. The zero-order valence-corrected chi connectivity index (χ0v) is 34.9. The Labute approximate surface area is 355 Å². The van der Waals surface area contributed by atoms with Crippen molar-refractivity contribution in [1.29, 1.82) is 0 Å². The van der Waals surface area contributed by atoms with Crippen LogP contribution in [0.15, 0.2) is 206 Å². The molecule has 0 saturated heterocycles. The van der Waals surface area contributed by atoms with Crippen molar-refractivity contribution in [3.8, 4) is 22.3 Å². The van der Waals surface area contributed by atoms with Crippen LogP contribution in [0.3, 0.4) is 0 Å². The smallest absolute Gasteiger partial charge is 0.0540 e. The Morgan fingerprint density at radius 3 is 1.32 bits per heavy atom. The normalized spacial score (nSPS) is 14.1. The molecule has 0 heterocycles. The van der Waals surface area contributed by atoms with Crippen LogP contribution in [0.25, 0.3) is 43.8 Å². The molecule has 60 heavy (non-hydrogen) atoms. The molecule has 0 radical (unpaired) electrons. The lowest BCUT2D eigenvalue weighted by atomic mass is 9.63. The molecule has 2 heteroatoms. The number of rotatable bonds is 8. The molecule has 0 fully saturated rings. The second-order valence-corrected chi connectivity index (χ2v) is 17.7. The van der Waals surface area contributed by atoms with Gasteiger partial charge < -0.3 is 9.80 Å². The third-order valence-electron chi connectivity index (χ3n) is 12.9. The van der Waals surface area contributed by atoms with Gasteiger partial charge in [0.1, 0.15) is 0 Å². The van der Waals surface area contributed by atoms with Gasteiger partial charge in [-0.3, -0.25) is 0 Å². The Balaban J connectivity index is 1.02. The summed E-state index contributed by atoms with van der Waals surface area (Å²) in [5.74, 6) is 0. The summed E-state index contributed by atoms with van der Waals surface area (Å²) < 4.78 is 0. The third-order valence-corrected chi connectivity index (χ3v) is 12.9. The van der Waals surface area contributed by atoms with E-state index in [9.17, 15) is 0 Å². The first-order chi connectivity index (χ1) is 29.2. The summed E-state index contributed by atoms with van der Waals surface area (Å²) in [6.07, 6.45) is 2.41. The third kappa shape index (κ3) is 6.82. The largest absolute Gasteiger partial charge is 0.310 e. The van der Waals surface area contributed by atoms with Gasteiger partial charge in [-0.25, -0.2) is 0 Å². The summed E-state index contributed by atoms with van der Waals surface area (Å²) in [4.78, 5) is 4.78. The molecule has 0 N–H and O–H groups in total. The van der Waals surface area contributed by atoms with E-state index in [0.29, 0.717) is 0 Å². The highest BCUT2D eigenvalue weighted by Gasteiger charge is 2.37. The molecule has 0 aliphatic heterocycles. The molecule has 0 bridgehead atoms. The maximum atomic E-state index is 2.47. The van der Waals surface area contributed by atoms with Crippen LogP contribution in [0.5, 0.6) is 0 Å². The Morgan fingerprint density at radius 2 is 0.733 bits per heavy atom. The Bertz CT molecular complexity index is 2970. The summed E-state index contributed by atoms with van der Waals surface area (Å²) in [5.41, 5.74) is 15.0. The Hall–Kier alpha value is -6.90.